The summed E-state index contributed by atoms with van der Waals surface area (Å²) < 4.78 is 175. The molecule has 12 heterocycles. The van der Waals surface area contributed by atoms with Crippen molar-refractivity contribution in [3.05, 3.63) is 242 Å². The van der Waals surface area contributed by atoms with E-state index >= 15 is 0 Å². The second-order valence-corrected chi connectivity index (χ2v) is 35.6. The second kappa shape index (κ2) is 36.7. The number of pyridine rings is 3. The van der Waals surface area contributed by atoms with E-state index in [-0.39, 0.29) is 60.6 Å². The van der Waals surface area contributed by atoms with E-state index in [0.717, 1.165) is 155 Å². The first-order valence-electron chi connectivity index (χ1n) is 36.8. The van der Waals surface area contributed by atoms with E-state index in [2.05, 4.69) is 68.8 Å². The Balaban J connectivity index is 0.000000134. The van der Waals surface area contributed by atoms with Crippen LogP contribution in [-0.4, -0.2) is 177 Å². The number of aromatic nitrogens is 6. The van der Waals surface area contributed by atoms with E-state index in [1.807, 2.05) is 44.3 Å². The van der Waals surface area contributed by atoms with Crippen LogP contribution in [0.2, 0.25) is 0 Å². The first-order chi connectivity index (χ1) is 56.3. The maximum atomic E-state index is 14.8. The first kappa shape index (κ1) is 83.9. The molecule has 3 saturated heterocycles. The summed E-state index contributed by atoms with van der Waals surface area (Å²) in [5.41, 5.74) is 6.17. The number of aryl methyl sites for hydroxylation is 2. The van der Waals surface area contributed by atoms with Crippen LogP contribution < -0.4 is 19.0 Å². The molecule has 3 aliphatic rings. The fourth-order valence-corrected chi connectivity index (χ4v) is 19.7. The molecule has 3 aliphatic heterocycles. The third-order valence-corrected chi connectivity index (χ3v) is 26.8. The van der Waals surface area contributed by atoms with Gasteiger partial charge in [0.2, 0.25) is 0 Å². The number of morpholine rings is 3. The summed E-state index contributed by atoms with van der Waals surface area (Å²) in [6.07, 6.45) is 9.26. The van der Waals surface area contributed by atoms with Gasteiger partial charge in [-0.25, -0.2) is 66.1 Å². The number of hydrogen-bond donors (Lipinski definition) is 3. The summed E-state index contributed by atoms with van der Waals surface area (Å²) in [4.78, 5) is 29.3. The minimum atomic E-state index is -4.09. The summed E-state index contributed by atoms with van der Waals surface area (Å²) in [5, 5.41) is 19.5. The van der Waals surface area contributed by atoms with Crippen molar-refractivity contribution in [3.63, 3.8) is 0 Å². The van der Waals surface area contributed by atoms with Gasteiger partial charge in [0.25, 0.3) is 20.0 Å². The number of thiophene rings is 3. The average Bonchev–Trinajstić information content (AvgIpc) is 1.53. The van der Waals surface area contributed by atoms with Crippen LogP contribution in [0.25, 0.3) is 87.4 Å². The van der Waals surface area contributed by atoms with Gasteiger partial charge < -0.3 is 43.5 Å². The summed E-state index contributed by atoms with van der Waals surface area (Å²) in [6, 6.07) is 36.1. The number of nitrogens with zero attached hydrogens (tertiary/aromatic N) is 8. The van der Waals surface area contributed by atoms with Crippen LogP contribution in [0.1, 0.15) is 25.8 Å². The number of ether oxygens (including phenoxy) is 6. The molecule has 0 atom stereocenters. The zero-order valence-electron chi connectivity index (χ0n) is 63.7. The van der Waals surface area contributed by atoms with E-state index in [1.54, 1.807) is 71.5 Å². The van der Waals surface area contributed by atoms with Crippen molar-refractivity contribution in [3.8, 4) is 71.5 Å². The molecular formula is C83H77BBrF6N9O12S5. The van der Waals surface area contributed by atoms with Crippen molar-refractivity contribution >= 4 is 115 Å². The molecule has 5 aromatic carbocycles. The van der Waals surface area contributed by atoms with Gasteiger partial charge in [-0.05, 0) is 121 Å². The highest BCUT2D eigenvalue weighted by molar-refractivity contribution is 9.10. The smallest absolute Gasteiger partial charge is 0.493 e. The lowest BCUT2D eigenvalue weighted by atomic mass is 9.90. The molecule has 9 aromatic heterocycles. The Kier molecular flexibility index (Phi) is 26.3. The molecule has 0 unspecified atom stereocenters. The van der Waals surface area contributed by atoms with E-state index in [9.17, 15) is 43.2 Å². The highest BCUT2D eigenvalue weighted by Crippen LogP contribution is 2.45. The van der Waals surface area contributed by atoms with Crippen molar-refractivity contribution in [1.29, 1.82) is 0 Å². The van der Waals surface area contributed by atoms with Gasteiger partial charge in [0, 0.05) is 209 Å². The molecule has 17 rings (SSSR count). The van der Waals surface area contributed by atoms with Gasteiger partial charge in [0.1, 0.15) is 23.1 Å². The van der Waals surface area contributed by atoms with Crippen molar-refractivity contribution in [2.45, 2.75) is 43.3 Å². The van der Waals surface area contributed by atoms with Crippen LogP contribution in [0.5, 0.6) is 17.2 Å². The Morgan fingerprint density at radius 3 is 1.25 bits per heavy atom. The minimum absolute atomic E-state index is 0.0108. The number of rotatable bonds is 19. The highest BCUT2D eigenvalue weighted by Gasteiger charge is 2.30. The molecule has 34 heteroatoms. The maximum absolute atomic E-state index is 14.8. The van der Waals surface area contributed by atoms with Gasteiger partial charge in [-0.15, -0.1) is 34.0 Å². The Hall–Kier alpha value is -9.63. The fraction of sp³-hybridized carbons (Fsp3) is 0.241. The van der Waals surface area contributed by atoms with E-state index < -0.39 is 62.1 Å². The number of halogens is 7. The molecule has 0 amide bonds. The van der Waals surface area contributed by atoms with E-state index in [0.29, 0.717) is 56.1 Å². The van der Waals surface area contributed by atoms with Crippen molar-refractivity contribution < 1.29 is 81.6 Å². The van der Waals surface area contributed by atoms with Crippen LogP contribution in [-0.2, 0) is 53.9 Å². The van der Waals surface area contributed by atoms with Gasteiger partial charge in [-0.1, -0.05) is 41.5 Å². The minimum Gasteiger partial charge on any atom is -0.493 e. The number of benzene rings is 5. The number of fused-ring (bicyclic) bond motifs is 3. The largest absolute Gasteiger partial charge is 0.499 e. The van der Waals surface area contributed by atoms with Crippen molar-refractivity contribution in [2.24, 2.45) is 0 Å². The lowest BCUT2D eigenvalue weighted by Gasteiger charge is -2.25. The number of methoxy groups -OCH3 is 3. The fourth-order valence-electron chi connectivity index (χ4n) is 13.8. The summed E-state index contributed by atoms with van der Waals surface area (Å²) in [6.45, 7) is 16.4. The topological polar surface area (TPSA) is 238 Å². The molecule has 608 valence electrons. The van der Waals surface area contributed by atoms with Crippen LogP contribution in [0.15, 0.2) is 191 Å². The first-order valence-corrected chi connectivity index (χ1v) is 42.9. The summed E-state index contributed by atoms with van der Waals surface area (Å²) >= 11 is 8.12. The lowest BCUT2D eigenvalue weighted by Crippen LogP contribution is -2.35. The Morgan fingerprint density at radius 2 is 0.838 bits per heavy atom. The normalized spacial score (nSPS) is 14.4. The number of hydrogen-bond acceptors (Lipinski definition) is 21. The van der Waals surface area contributed by atoms with Crippen LogP contribution >= 0.6 is 49.9 Å². The predicted octanol–water partition coefficient (Wildman–Crippen LogP) is 15.7. The van der Waals surface area contributed by atoms with Gasteiger partial charge in [0.15, 0.2) is 46.0 Å². The average molecular weight is 1760 g/mol. The standard InChI is InChI=1S/C30H27F2N3O4S2.C23H21F2N3O2S.C21H15BrF2N2O3S.C9H14BNO3S/c1-19-3-6-23(7-4-19)41(36,37)35-18-26(24-14-21(31)15-27(32)29(24)38-2)25-13-20(16-33-30(25)35)28-8-5-22(40-28)17-34-9-11-39-12-10-34;1-29-22-17(9-15(24)10-20(22)25)19-12-27-23-18(19)8-14(11-26-23)21-3-2-16(31-21)13-28-4-6-30-7-5-28;1-12-3-5-15(6-4-12)30(27,28)26-11-18(17-7-13(22)10-25-21(17)26)16-8-14(23)9-19(24)20(16)29-2;12-10(13)9-2-1-8(15-9)7-11-3-5-14-6-4-11/h3-8,13-16,18H,9-12,17H2,1-2H3;2-3,8-12H,4-7,13H2,1H3,(H,26,27);3-11H,1-2H3;1-2,12-13H,3-7H2. The zero-order valence-corrected chi connectivity index (χ0v) is 69.3. The summed E-state index contributed by atoms with van der Waals surface area (Å²) in [5.74, 6) is -5.16. The number of H-pyrrole nitrogens is 1. The number of nitrogens with one attached hydrogen (secondary N) is 1. The highest BCUT2D eigenvalue weighted by atomic mass is 79.9. The quantitative estimate of drug-likeness (QED) is 0.0504. The van der Waals surface area contributed by atoms with Crippen molar-refractivity contribution in [2.75, 3.05) is 100 Å². The summed E-state index contributed by atoms with van der Waals surface area (Å²) in [7, 11) is -5.52. The monoisotopic (exact) mass is 1760 g/mol. The van der Waals surface area contributed by atoms with Crippen LogP contribution in [0.3, 0.4) is 0 Å². The molecule has 0 spiro atoms. The van der Waals surface area contributed by atoms with Crippen LogP contribution in [0, 0.1) is 48.8 Å². The van der Waals surface area contributed by atoms with Gasteiger partial charge in [-0.2, -0.15) is 0 Å². The SMILES string of the molecule is COc1c(F)cc(F)cc1-c1c[nH]c2ncc(-c3ccc(CN4CCOCC4)s3)cc12.COc1c(F)cc(F)cc1-c1cn(S(=O)(=O)c2ccc(C)cc2)c2ncc(-c3ccc(CN4CCOCC4)s3)cc12.COc1c(F)cc(F)cc1-c1cn(S(=O)(=O)c2ccc(C)cc2)c2ncc(Br)cc12.OB(O)c1ccc(CN2CCOCC2)s1. The molecule has 0 radical (unpaired) electrons. The molecule has 3 fully saturated rings. The molecule has 0 aliphatic carbocycles. The third-order valence-electron chi connectivity index (χ3n) is 19.7. The molecule has 3 N–H and O–H groups in total. The third kappa shape index (κ3) is 18.9. The van der Waals surface area contributed by atoms with E-state index in [4.69, 9.17) is 38.5 Å². The van der Waals surface area contributed by atoms with E-state index in [1.165, 1.54) is 96.2 Å². The second-order valence-electron chi connectivity index (χ2n) is 27.5. The Bertz CT molecular complexity index is 6150. The molecule has 117 heavy (non-hydrogen) atoms. The predicted molar refractivity (Wildman–Crippen MR) is 446 cm³/mol. The van der Waals surface area contributed by atoms with Crippen molar-refractivity contribution in [1.82, 2.24) is 42.6 Å². The van der Waals surface area contributed by atoms with Gasteiger partial charge in [0.05, 0.1) is 70.8 Å². The van der Waals surface area contributed by atoms with Crippen LogP contribution in [0.4, 0.5) is 26.3 Å². The molecule has 14 aromatic rings. The number of aromatic amines is 1. The van der Waals surface area contributed by atoms with Gasteiger partial charge in [-0.3, -0.25) is 14.7 Å². The zero-order chi connectivity index (χ0) is 82.4. The maximum Gasteiger partial charge on any atom is 0.499 e. The Labute approximate surface area is 691 Å². The Morgan fingerprint density at radius 1 is 0.462 bits per heavy atom. The molecule has 21 nitrogen and oxygen atoms in total. The lowest BCUT2D eigenvalue weighted by molar-refractivity contribution is 0.0346. The molecule has 0 bridgehead atoms. The molecular weight excluding hydrogens is 1680 g/mol. The van der Waals surface area contributed by atoms with Gasteiger partial charge >= 0.3 is 7.12 Å². The molecule has 0 saturated carbocycles.